The minimum Gasteiger partial charge on any atom is -0.490 e. The molecule has 37 heavy (non-hydrogen) atoms. The van der Waals surface area contributed by atoms with Gasteiger partial charge in [-0.2, -0.15) is 5.10 Å². The summed E-state index contributed by atoms with van der Waals surface area (Å²) in [6, 6.07) is 20.8. The monoisotopic (exact) mass is 615 g/mol. The van der Waals surface area contributed by atoms with Gasteiger partial charge in [0.15, 0.2) is 18.1 Å². The third kappa shape index (κ3) is 8.60. The molecule has 0 fully saturated rings. The summed E-state index contributed by atoms with van der Waals surface area (Å²) in [7, 11) is 0. The quantitative estimate of drug-likeness (QED) is 0.160. The maximum absolute atomic E-state index is 12.7. The Kier molecular flexibility index (Phi) is 10.4. The van der Waals surface area contributed by atoms with Crippen molar-refractivity contribution in [3.8, 4) is 11.5 Å². The second-order valence-electron chi connectivity index (χ2n) is 7.75. The first-order valence-electron chi connectivity index (χ1n) is 11.4. The van der Waals surface area contributed by atoms with Crippen molar-refractivity contribution < 1.29 is 29.0 Å². The number of rotatable bonds is 12. The fourth-order valence-electron chi connectivity index (χ4n) is 3.38. The Labute approximate surface area is 228 Å². The van der Waals surface area contributed by atoms with E-state index in [-0.39, 0.29) is 18.2 Å². The van der Waals surface area contributed by atoms with E-state index in [1.54, 1.807) is 43.3 Å². The lowest BCUT2D eigenvalue weighted by atomic mass is 10.0. The first-order valence-corrected chi connectivity index (χ1v) is 12.5. The molecule has 0 aliphatic rings. The highest BCUT2D eigenvalue weighted by atomic mass is 127. The van der Waals surface area contributed by atoms with Crippen LogP contribution in [0.4, 0.5) is 0 Å². The maximum atomic E-state index is 12.7. The molecule has 0 aromatic heterocycles. The Hall–Kier alpha value is -3.93. The summed E-state index contributed by atoms with van der Waals surface area (Å²) in [6.45, 7) is 1.66. The molecule has 3 N–H and O–H groups in total. The van der Waals surface area contributed by atoms with Gasteiger partial charge in [0.25, 0.3) is 5.91 Å². The molecule has 3 aromatic rings. The maximum Gasteiger partial charge on any atom is 0.341 e. The normalized spacial score (nSPS) is 11.5. The Morgan fingerprint density at radius 1 is 1.03 bits per heavy atom. The van der Waals surface area contributed by atoms with Crippen LogP contribution in [0.15, 0.2) is 77.9 Å². The third-order valence-electron chi connectivity index (χ3n) is 5.01. The van der Waals surface area contributed by atoms with Crippen molar-refractivity contribution in [1.29, 1.82) is 0 Å². The lowest BCUT2D eigenvalue weighted by molar-refractivity contribution is -0.139. The number of aliphatic carboxylic acids is 1. The van der Waals surface area contributed by atoms with Crippen molar-refractivity contribution >= 4 is 46.6 Å². The average Bonchev–Trinajstić information content (AvgIpc) is 2.89. The summed E-state index contributed by atoms with van der Waals surface area (Å²) in [5.74, 6) is -1.07. The predicted octanol–water partition coefficient (Wildman–Crippen LogP) is 4.16. The minimum atomic E-state index is -1.10. The molecule has 2 amide bonds. The third-order valence-corrected chi connectivity index (χ3v) is 5.81. The highest BCUT2D eigenvalue weighted by Crippen LogP contribution is 2.34. The van der Waals surface area contributed by atoms with Gasteiger partial charge in [-0.1, -0.05) is 48.5 Å². The smallest absolute Gasteiger partial charge is 0.341 e. The second kappa shape index (κ2) is 14.0. The van der Waals surface area contributed by atoms with Crippen LogP contribution in [0.1, 0.15) is 40.9 Å². The van der Waals surface area contributed by atoms with E-state index in [1.165, 1.54) is 6.21 Å². The lowest BCUT2D eigenvalue weighted by Crippen LogP contribution is -2.32. The van der Waals surface area contributed by atoms with E-state index >= 15 is 0 Å². The number of nitrogens with zero attached hydrogens (tertiary/aromatic N) is 1. The molecule has 0 unspecified atom stereocenters. The molecule has 0 aliphatic carbocycles. The van der Waals surface area contributed by atoms with Gasteiger partial charge >= 0.3 is 5.97 Å². The zero-order valence-corrected chi connectivity index (χ0v) is 22.2. The summed E-state index contributed by atoms with van der Waals surface area (Å²) in [5, 5.41) is 15.9. The summed E-state index contributed by atoms with van der Waals surface area (Å²) in [6.07, 6.45) is 1.42. The molecule has 0 saturated carbocycles. The van der Waals surface area contributed by atoms with Crippen molar-refractivity contribution in [1.82, 2.24) is 10.7 Å². The number of carbonyl (C=O) groups is 3. The van der Waals surface area contributed by atoms with Crippen LogP contribution < -0.4 is 20.2 Å². The van der Waals surface area contributed by atoms with Crippen LogP contribution in [0, 0.1) is 3.57 Å². The van der Waals surface area contributed by atoms with Crippen LogP contribution in [-0.4, -0.2) is 42.3 Å². The molecule has 0 bridgehead atoms. The van der Waals surface area contributed by atoms with E-state index in [1.807, 2.05) is 59.0 Å². The van der Waals surface area contributed by atoms with Crippen LogP contribution in [0.2, 0.25) is 0 Å². The number of halogens is 1. The van der Waals surface area contributed by atoms with Gasteiger partial charge in [0, 0.05) is 5.56 Å². The Bertz CT molecular complexity index is 1250. The minimum absolute atomic E-state index is 0.0242. The first-order chi connectivity index (χ1) is 17.9. The highest BCUT2D eigenvalue weighted by molar-refractivity contribution is 14.1. The Balaban J connectivity index is 1.69. The molecule has 0 aliphatic heterocycles. The van der Waals surface area contributed by atoms with Gasteiger partial charge in [-0.15, -0.1) is 0 Å². The Morgan fingerprint density at radius 2 is 1.70 bits per heavy atom. The van der Waals surface area contributed by atoms with Gasteiger partial charge in [0.2, 0.25) is 5.91 Å². The van der Waals surface area contributed by atoms with Crippen molar-refractivity contribution in [2.75, 3.05) is 13.2 Å². The summed E-state index contributed by atoms with van der Waals surface area (Å²) < 4.78 is 11.6. The van der Waals surface area contributed by atoms with Crippen LogP contribution in [-0.2, 0) is 9.59 Å². The SMILES string of the molecule is CCOc1cc(/C=N\NC(=O)C[C@H](NC(=O)c2ccccc2)c2ccccc2)cc(I)c1OCC(=O)O. The molecule has 9 nitrogen and oxygen atoms in total. The fourth-order valence-corrected chi connectivity index (χ4v) is 4.16. The average molecular weight is 615 g/mol. The molecule has 10 heteroatoms. The number of ether oxygens (including phenoxy) is 2. The van der Waals surface area contributed by atoms with Crippen molar-refractivity contribution in [2.24, 2.45) is 5.10 Å². The van der Waals surface area contributed by atoms with E-state index < -0.39 is 18.6 Å². The zero-order chi connectivity index (χ0) is 26.6. The molecule has 1 atom stereocenters. The number of amides is 2. The summed E-state index contributed by atoms with van der Waals surface area (Å²) in [5.41, 5.74) is 4.40. The topological polar surface area (TPSA) is 126 Å². The fraction of sp³-hybridized carbons (Fsp3) is 0.185. The number of hydrazone groups is 1. The number of hydrogen-bond donors (Lipinski definition) is 3. The van der Waals surface area contributed by atoms with Crippen LogP contribution in [0.5, 0.6) is 11.5 Å². The van der Waals surface area contributed by atoms with E-state index in [9.17, 15) is 14.4 Å². The molecule has 3 rings (SSSR count). The first kappa shape index (κ1) is 27.7. The van der Waals surface area contributed by atoms with Gasteiger partial charge in [-0.05, 0) is 64.9 Å². The predicted molar refractivity (Wildman–Crippen MR) is 147 cm³/mol. The molecule has 192 valence electrons. The van der Waals surface area contributed by atoms with Crippen LogP contribution in [0.25, 0.3) is 0 Å². The van der Waals surface area contributed by atoms with Gasteiger partial charge in [-0.3, -0.25) is 9.59 Å². The van der Waals surface area contributed by atoms with Crippen LogP contribution in [0.3, 0.4) is 0 Å². The van der Waals surface area contributed by atoms with E-state index in [0.29, 0.717) is 32.8 Å². The molecule has 0 heterocycles. The van der Waals surface area contributed by atoms with Gasteiger partial charge in [0.05, 0.1) is 28.9 Å². The number of nitrogens with one attached hydrogen (secondary N) is 2. The van der Waals surface area contributed by atoms with E-state index in [2.05, 4.69) is 15.8 Å². The van der Waals surface area contributed by atoms with Gasteiger partial charge in [0.1, 0.15) is 0 Å². The number of carbonyl (C=O) groups excluding carboxylic acids is 2. The largest absolute Gasteiger partial charge is 0.490 e. The lowest BCUT2D eigenvalue weighted by Gasteiger charge is -2.18. The number of hydrogen-bond acceptors (Lipinski definition) is 6. The van der Waals surface area contributed by atoms with E-state index in [4.69, 9.17) is 14.6 Å². The highest BCUT2D eigenvalue weighted by Gasteiger charge is 2.19. The molecular formula is C27H26IN3O6. The Morgan fingerprint density at radius 3 is 2.35 bits per heavy atom. The second-order valence-corrected chi connectivity index (χ2v) is 8.91. The van der Waals surface area contributed by atoms with Gasteiger partial charge in [-0.25, -0.2) is 10.2 Å². The molecule has 0 radical (unpaired) electrons. The van der Waals surface area contributed by atoms with Gasteiger partial charge < -0.3 is 19.9 Å². The van der Waals surface area contributed by atoms with Crippen molar-refractivity contribution in [2.45, 2.75) is 19.4 Å². The number of carboxylic acids is 1. The summed E-state index contributed by atoms with van der Waals surface area (Å²) >= 11 is 2.01. The standard InChI is InChI=1S/C27H26IN3O6/c1-2-36-23-14-18(13-21(28)26(23)37-17-25(33)34)16-29-31-24(32)15-22(19-9-5-3-6-10-19)30-27(35)20-11-7-4-8-12-20/h3-14,16,22H,2,15,17H2,1H3,(H,30,35)(H,31,32)(H,33,34)/b29-16-/t22-/m0/s1. The number of carboxylic acid groups (broad SMARTS) is 1. The summed E-state index contributed by atoms with van der Waals surface area (Å²) in [4.78, 5) is 36.3. The molecule has 0 saturated heterocycles. The molecule has 0 spiro atoms. The number of benzene rings is 3. The van der Waals surface area contributed by atoms with Crippen molar-refractivity contribution in [3.63, 3.8) is 0 Å². The van der Waals surface area contributed by atoms with Crippen LogP contribution >= 0.6 is 22.6 Å². The van der Waals surface area contributed by atoms with Crippen molar-refractivity contribution in [3.05, 3.63) is 93.1 Å². The van der Waals surface area contributed by atoms with E-state index in [0.717, 1.165) is 5.56 Å². The molecule has 3 aromatic carbocycles. The zero-order valence-electron chi connectivity index (χ0n) is 20.0. The molecular weight excluding hydrogens is 589 g/mol.